The Labute approximate surface area is 205 Å². The van der Waals surface area contributed by atoms with Gasteiger partial charge in [0.25, 0.3) is 0 Å². The van der Waals surface area contributed by atoms with Crippen LogP contribution in [0.2, 0.25) is 0 Å². The standard InChI is InChI=1S/C26H20F2N4O3S/c1-2-9-36(34,35)32-22-8-7-20(27)23(24(22)28)25(33)19-14-31-26-18(19)11-17(13-30-26)16-10-15-5-3-4-6-21(15)29-12-16/h3-8,10-14,32H,2,9H2,1H3,(H,30,31). The predicted molar refractivity (Wildman–Crippen MR) is 134 cm³/mol. The minimum atomic E-state index is -3.85. The smallest absolute Gasteiger partial charge is 0.232 e. The fourth-order valence-electron chi connectivity index (χ4n) is 4.04. The number of nitrogens with zero attached hydrogens (tertiary/aromatic N) is 2. The van der Waals surface area contributed by atoms with Gasteiger partial charge in [-0.2, -0.15) is 0 Å². The van der Waals surface area contributed by atoms with Crippen molar-refractivity contribution in [3.05, 3.63) is 89.9 Å². The Morgan fingerprint density at radius 3 is 2.58 bits per heavy atom. The van der Waals surface area contributed by atoms with Crippen LogP contribution in [0, 0.1) is 11.6 Å². The van der Waals surface area contributed by atoms with Crippen molar-refractivity contribution in [3.63, 3.8) is 0 Å². The van der Waals surface area contributed by atoms with Crippen molar-refractivity contribution in [2.75, 3.05) is 10.5 Å². The van der Waals surface area contributed by atoms with Gasteiger partial charge in [-0.1, -0.05) is 25.1 Å². The van der Waals surface area contributed by atoms with Gasteiger partial charge in [0.2, 0.25) is 15.8 Å². The molecule has 5 aromatic rings. The molecule has 3 heterocycles. The van der Waals surface area contributed by atoms with Gasteiger partial charge in [-0.05, 0) is 36.8 Å². The van der Waals surface area contributed by atoms with Crippen LogP contribution in [0.4, 0.5) is 14.5 Å². The average molecular weight is 507 g/mol. The molecule has 0 amide bonds. The molecule has 0 atom stereocenters. The third kappa shape index (κ3) is 4.31. The summed E-state index contributed by atoms with van der Waals surface area (Å²) < 4.78 is 56.2. The first-order chi connectivity index (χ1) is 17.3. The molecule has 36 heavy (non-hydrogen) atoms. The predicted octanol–water partition coefficient (Wildman–Crippen LogP) is 5.44. The number of ketones is 1. The van der Waals surface area contributed by atoms with Crippen molar-refractivity contribution in [2.24, 2.45) is 0 Å². The van der Waals surface area contributed by atoms with Gasteiger partial charge in [0.15, 0.2) is 5.82 Å². The van der Waals surface area contributed by atoms with Gasteiger partial charge in [0.1, 0.15) is 11.5 Å². The number of H-pyrrole nitrogens is 1. The van der Waals surface area contributed by atoms with Crippen molar-refractivity contribution < 1.29 is 22.0 Å². The molecule has 0 aliphatic heterocycles. The number of carbonyl (C=O) groups is 1. The van der Waals surface area contributed by atoms with Gasteiger partial charge in [-0.25, -0.2) is 22.2 Å². The molecule has 10 heteroatoms. The lowest BCUT2D eigenvalue weighted by atomic mass is 10.00. The summed E-state index contributed by atoms with van der Waals surface area (Å²) in [5.41, 5.74) is 1.26. The molecule has 0 saturated carbocycles. The van der Waals surface area contributed by atoms with Crippen molar-refractivity contribution >= 4 is 43.4 Å². The van der Waals surface area contributed by atoms with E-state index in [1.165, 1.54) is 6.20 Å². The maximum atomic E-state index is 15.2. The lowest BCUT2D eigenvalue weighted by Crippen LogP contribution is -2.18. The lowest BCUT2D eigenvalue weighted by molar-refractivity contribution is 0.103. The molecule has 0 bridgehead atoms. The summed E-state index contributed by atoms with van der Waals surface area (Å²) >= 11 is 0. The molecular weight excluding hydrogens is 486 g/mol. The summed E-state index contributed by atoms with van der Waals surface area (Å²) in [6, 6.07) is 13.1. The Balaban J connectivity index is 1.57. The van der Waals surface area contributed by atoms with Crippen molar-refractivity contribution in [2.45, 2.75) is 13.3 Å². The Bertz CT molecular complexity index is 1750. The Morgan fingerprint density at radius 2 is 1.78 bits per heavy atom. The minimum absolute atomic E-state index is 0.000497. The van der Waals surface area contributed by atoms with Crippen molar-refractivity contribution in [3.8, 4) is 11.1 Å². The van der Waals surface area contributed by atoms with E-state index in [9.17, 15) is 17.6 Å². The number of carbonyl (C=O) groups excluding carboxylic acids is 1. The van der Waals surface area contributed by atoms with E-state index in [1.807, 2.05) is 30.3 Å². The van der Waals surface area contributed by atoms with E-state index in [-0.39, 0.29) is 11.3 Å². The SMILES string of the molecule is CCCS(=O)(=O)Nc1ccc(F)c(C(=O)c2c[nH]c3ncc(-c4cnc5ccccc5c4)cc23)c1F. The summed E-state index contributed by atoms with van der Waals surface area (Å²) in [7, 11) is -3.85. The summed E-state index contributed by atoms with van der Waals surface area (Å²) in [6.07, 6.45) is 4.93. The number of para-hydroxylation sites is 1. The van der Waals surface area contributed by atoms with Crippen LogP contribution in [0.1, 0.15) is 29.3 Å². The first-order valence-corrected chi connectivity index (χ1v) is 12.8. The van der Waals surface area contributed by atoms with Crippen molar-refractivity contribution in [1.29, 1.82) is 0 Å². The molecule has 2 aromatic carbocycles. The van der Waals surface area contributed by atoms with Crippen molar-refractivity contribution in [1.82, 2.24) is 15.0 Å². The monoisotopic (exact) mass is 506 g/mol. The fourth-order valence-corrected chi connectivity index (χ4v) is 5.17. The first-order valence-electron chi connectivity index (χ1n) is 11.1. The summed E-state index contributed by atoms with van der Waals surface area (Å²) in [5.74, 6) is -3.57. The summed E-state index contributed by atoms with van der Waals surface area (Å²) in [5, 5.41) is 1.29. The highest BCUT2D eigenvalue weighted by molar-refractivity contribution is 7.92. The summed E-state index contributed by atoms with van der Waals surface area (Å²) in [4.78, 5) is 25.0. The van der Waals surface area contributed by atoms with Crippen LogP contribution in [0.3, 0.4) is 0 Å². The second kappa shape index (κ2) is 9.12. The quantitative estimate of drug-likeness (QED) is 0.286. The third-order valence-corrected chi connectivity index (χ3v) is 7.23. The molecule has 0 aliphatic rings. The number of aromatic nitrogens is 3. The number of rotatable bonds is 7. The number of halogens is 2. The van der Waals surface area contributed by atoms with Gasteiger partial charge in [-0.3, -0.25) is 14.5 Å². The van der Waals surface area contributed by atoms with Crippen LogP contribution < -0.4 is 4.72 Å². The molecule has 5 rings (SSSR count). The van der Waals surface area contributed by atoms with E-state index >= 15 is 4.39 Å². The fraction of sp³-hybridized carbons (Fsp3) is 0.115. The molecule has 2 N–H and O–H groups in total. The molecule has 182 valence electrons. The average Bonchev–Trinajstić information content (AvgIpc) is 3.29. The van der Waals surface area contributed by atoms with Gasteiger partial charge in [0.05, 0.1) is 22.5 Å². The maximum absolute atomic E-state index is 15.2. The van der Waals surface area contributed by atoms with Gasteiger partial charge < -0.3 is 4.98 Å². The number of fused-ring (bicyclic) bond motifs is 2. The largest absolute Gasteiger partial charge is 0.345 e. The highest BCUT2D eigenvalue weighted by atomic mass is 32.2. The first kappa shape index (κ1) is 23.6. The van der Waals surface area contributed by atoms with Crippen LogP contribution in [0.25, 0.3) is 33.1 Å². The second-order valence-electron chi connectivity index (χ2n) is 8.27. The molecular formula is C26H20F2N4O3S. The molecule has 7 nitrogen and oxygen atoms in total. The number of sulfonamides is 1. The number of benzene rings is 2. The second-order valence-corrected chi connectivity index (χ2v) is 10.1. The van der Waals surface area contributed by atoms with E-state index < -0.39 is 38.7 Å². The van der Waals surface area contributed by atoms with Gasteiger partial charge in [-0.15, -0.1) is 0 Å². The molecule has 0 unspecified atom stereocenters. The van der Waals surface area contributed by atoms with Crippen LogP contribution in [-0.2, 0) is 10.0 Å². The normalized spacial score (nSPS) is 11.8. The Hall–Kier alpha value is -4.18. The zero-order valence-electron chi connectivity index (χ0n) is 19.0. The number of nitrogens with one attached hydrogen (secondary N) is 2. The van der Waals surface area contributed by atoms with E-state index in [1.54, 1.807) is 25.4 Å². The summed E-state index contributed by atoms with van der Waals surface area (Å²) in [6.45, 7) is 1.66. The van der Waals surface area contributed by atoms with E-state index in [2.05, 4.69) is 19.7 Å². The van der Waals surface area contributed by atoms with E-state index in [0.29, 0.717) is 23.0 Å². The zero-order valence-corrected chi connectivity index (χ0v) is 19.9. The zero-order chi connectivity index (χ0) is 25.4. The number of pyridine rings is 2. The van der Waals surface area contributed by atoms with Crippen LogP contribution in [-0.4, -0.2) is 34.9 Å². The molecule has 3 aromatic heterocycles. The highest BCUT2D eigenvalue weighted by Crippen LogP contribution is 2.30. The lowest BCUT2D eigenvalue weighted by Gasteiger charge is -2.11. The minimum Gasteiger partial charge on any atom is -0.345 e. The Kier molecular flexibility index (Phi) is 5.97. The number of anilines is 1. The molecule has 0 fully saturated rings. The topological polar surface area (TPSA) is 105 Å². The maximum Gasteiger partial charge on any atom is 0.232 e. The van der Waals surface area contributed by atoms with Crippen LogP contribution in [0.5, 0.6) is 0 Å². The highest BCUT2D eigenvalue weighted by Gasteiger charge is 2.26. The number of hydrogen-bond donors (Lipinski definition) is 2. The molecule has 0 saturated heterocycles. The number of hydrogen-bond acceptors (Lipinski definition) is 5. The van der Waals surface area contributed by atoms with Crippen LogP contribution >= 0.6 is 0 Å². The van der Waals surface area contributed by atoms with Gasteiger partial charge >= 0.3 is 0 Å². The van der Waals surface area contributed by atoms with E-state index in [4.69, 9.17) is 0 Å². The third-order valence-electron chi connectivity index (χ3n) is 5.76. The Morgan fingerprint density at radius 1 is 1.03 bits per heavy atom. The molecule has 0 radical (unpaired) electrons. The molecule has 0 aliphatic carbocycles. The van der Waals surface area contributed by atoms with Gasteiger partial charge in [0, 0.05) is 46.1 Å². The van der Waals surface area contributed by atoms with Crippen LogP contribution in [0.15, 0.2) is 67.1 Å². The molecule has 0 spiro atoms. The van der Waals surface area contributed by atoms with E-state index in [0.717, 1.165) is 28.6 Å². The number of aromatic amines is 1.